The first kappa shape index (κ1) is 25.9. The first-order chi connectivity index (χ1) is 18.6. The Kier molecular flexibility index (Phi) is 8.31. The van der Waals surface area contributed by atoms with Gasteiger partial charge >= 0.3 is 0 Å². The molecule has 1 amide bonds. The lowest BCUT2D eigenvalue weighted by atomic mass is 9.98. The van der Waals surface area contributed by atoms with Gasteiger partial charge in [0, 0.05) is 48.1 Å². The summed E-state index contributed by atoms with van der Waals surface area (Å²) in [7, 11) is 0. The van der Waals surface area contributed by atoms with Crippen LogP contribution in [0.5, 0.6) is 5.75 Å². The fourth-order valence-corrected chi connectivity index (χ4v) is 4.82. The lowest BCUT2D eigenvalue weighted by molar-refractivity contribution is -0.132. The minimum atomic E-state index is -0.479. The quantitative estimate of drug-likeness (QED) is 0.320. The zero-order valence-electron chi connectivity index (χ0n) is 20.9. The number of pyridine rings is 1. The molecular weight excluding hydrogens is 503 g/mol. The zero-order valence-corrected chi connectivity index (χ0v) is 21.7. The van der Waals surface area contributed by atoms with E-state index in [0.29, 0.717) is 39.3 Å². The molecule has 2 bridgehead atoms. The molecule has 5 nitrogen and oxygen atoms in total. The Labute approximate surface area is 226 Å². The van der Waals surface area contributed by atoms with Crippen molar-refractivity contribution in [1.82, 2.24) is 9.88 Å². The van der Waals surface area contributed by atoms with Gasteiger partial charge in [-0.25, -0.2) is 4.39 Å². The number of hydrogen-bond donors (Lipinski definition) is 0. The lowest BCUT2D eigenvalue weighted by Gasteiger charge is -2.24. The van der Waals surface area contributed by atoms with E-state index in [0.717, 1.165) is 33.6 Å². The molecule has 2 heterocycles. The van der Waals surface area contributed by atoms with Crippen molar-refractivity contribution in [2.45, 2.75) is 19.4 Å². The Morgan fingerprint density at radius 2 is 1.82 bits per heavy atom. The third-order valence-corrected chi connectivity index (χ3v) is 6.90. The highest BCUT2D eigenvalue weighted by Crippen LogP contribution is 2.29. The van der Waals surface area contributed by atoms with Gasteiger partial charge < -0.3 is 14.4 Å². The largest absolute Gasteiger partial charge is 0.491 e. The zero-order chi connectivity index (χ0) is 26.3. The fraction of sp³-hybridized carbons (Fsp3) is 0.226. The molecule has 5 rings (SSSR count). The maximum atomic E-state index is 14.4. The van der Waals surface area contributed by atoms with Gasteiger partial charge in [0.05, 0.1) is 19.6 Å². The molecule has 0 aliphatic carbocycles. The number of fused-ring (bicyclic) bond motifs is 3. The van der Waals surface area contributed by atoms with Crippen LogP contribution in [0.1, 0.15) is 22.3 Å². The van der Waals surface area contributed by atoms with Gasteiger partial charge in [-0.15, -0.1) is 0 Å². The van der Waals surface area contributed by atoms with Crippen molar-refractivity contribution in [2.24, 2.45) is 0 Å². The molecule has 4 aromatic rings. The maximum Gasteiger partial charge on any atom is 0.227 e. The van der Waals surface area contributed by atoms with Gasteiger partial charge in [-0.3, -0.25) is 9.78 Å². The normalized spacial score (nSPS) is 14.2. The number of carbonyl (C=O) groups is 1. The summed E-state index contributed by atoms with van der Waals surface area (Å²) in [5, 5.41) is 0.250. The predicted molar refractivity (Wildman–Crippen MR) is 146 cm³/mol. The van der Waals surface area contributed by atoms with Crippen LogP contribution in [0.4, 0.5) is 4.39 Å². The van der Waals surface area contributed by atoms with Crippen LogP contribution in [0.2, 0.25) is 5.02 Å². The molecular formula is C31H28ClFN2O3. The molecule has 1 aliphatic heterocycles. The van der Waals surface area contributed by atoms with Gasteiger partial charge in [0.15, 0.2) is 0 Å². The van der Waals surface area contributed by atoms with Crippen LogP contribution in [0.3, 0.4) is 0 Å². The van der Waals surface area contributed by atoms with Gasteiger partial charge in [0.25, 0.3) is 0 Å². The second-order valence-electron chi connectivity index (χ2n) is 9.21. The van der Waals surface area contributed by atoms with Crippen molar-refractivity contribution >= 4 is 17.5 Å². The van der Waals surface area contributed by atoms with Crippen LogP contribution in [0.15, 0.2) is 85.2 Å². The first-order valence-corrected chi connectivity index (χ1v) is 13.0. The topological polar surface area (TPSA) is 51.7 Å². The Bertz CT molecular complexity index is 1390. The number of ether oxygens (including phenoxy) is 2. The van der Waals surface area contributed by atoms with E-state index in [9.17, 15) is 9.18 Å². The number of benzene rings is 3. The van der Waals surface area contributed by atoms with Crippen LogP contribution in [-0.4, -0.2) is 42.2 Å². The molecule has 0 radical (unpaired) electrons. The van der Waals surface area contributed by atoms with Crippen molar-refractivity contribution in [3.63, 3.8) is 0 Å². The number of aromatic nitrogens is 1. The van der Waals surface area contributed by atoms with E-state index in [1.165, 1.54) is 12.1 Å². The van der Waals surface area contributed by atoms with E-state index in [2.05, 4.69) is 23.2 Å². The summed E-state index contributed by atoms with van der Waals surface area (Å²) in [5.41, 5.74) is 5.46. The Balaban J connectivity index is 1.41. The molecule has 0 spiro atoms. The summed E-state index contributed by atoms with van der Waals surface area (Å²) in [6.07, 6.45) is 4.16. The Morgan fingerprint density at radius 3 is 2.66 bits per heavy atom. The first-order valence-electron chi connectivity index (χ1n) is 12.6. The Hall–Kier alpha value is -3.74. The highest BCUT2D eigenvalue weighted by atomic mass is 35.5. The van der Waals surface area contributed by atoms with Crippen LogP contribution >= 0.6 is 11.6 Å². The molecule has 0 saturated carbocycles. The standard InChI is InChI=1S/C31H28ClFN2O3/c32-28-7-2-8-29(33)27(28)19-31(36)35-12-13-37-14-15-38-30-10-9-24(25-6-3-11-34-20-25)18-26(30)17-22-4-1-5-23(16-22)21-35/h1-11,16,18,20H,12-15,17,19,21H2. The molecule has 38 heavy (non-hydrogen) atoms. The van der Waals surface area contributed by atoms with E-state index in [1.807, 2.05) is 42.6 Å². The van der Waals surface area contributed by atoms with Crippen LogP contribution in [0, 0.1) is 5.82 Å². The van der Waals surface area contributed by atoms with Crippen molar-refractivity contribution in [3.8, 4) is 16.9 Å². The van der Waals surface area contributed by atoms with Gasteiger partial charge in [-0.2, -0.15) is 0 Å². The van der Waals surface area contributed by atoms with Crippen molar-refractivity contribution < 1.29 is 18.7 Å². The number of halogens is 2. The number of rotatable bonds is 3. The van der Waals surface area contributed by atoms with Crippen molar-refractivity contribution in [2.75, 3.05) is 26.4 Å². The minimum Gasteiger partial charge on any atom is -0.491 e. The molecule has 194 valence electrons. The average Bonchev–Trinajstić information content (AvgIpc) is 2.93. The molecule has 0 saturated heterocycles. The fourth-order valence-electron chi connectivity index (χ4n) is 4.59. The second kappa shape index (κ2) is 12.2. The summed E-state index contributed by atoms with van der Waals surface area (Å²) in [5.74, 6) is 0.135. The monoisotopic (exact) mass is 530 g/mol. The van der Waals surface area contributed by atoms with E-state index in [4.69, 9.17) is 21.1 Å². The third-order valence-electron chi connectivity index (χ3n) is 6.55. The highest BCUT2D eigenvalue weighted by Gasteiger charge is 2.19. The molecule has 1 aliphatic rings. The van der Waals surface area contributed by atoms with E-state index >= 15 is 0 Å². The third kappa shape index (κ3) is 6.39. The van der Waals surface area contributed by atoms with Crippen LogP contribution in [-0.2, 0) is 28.9 Å². The SMILES string of the molecule is O=C(Cc1c(F)cccc1Cl)N1CCOCCOc2ccc(-c3cccnc3)cc2Cc2cccc(c2)C1. The Morgan fingerprint density at radius 1 is 0.947 bits per heavy atom. The van der Waals surface area contributed by atoms with Gasteiger partial charge in [-0.1, -0.05) is 54.1 Å². The highest BCUT2D eigenvalue weighted by molar-refractivity contribution is 6.31. The predicted octanol–water partition coefficient (Wildman–Crippen LogP) is 6.11. The molecule has 0 fully saturated rings. The van der Waals surface area contributed by atoms with E-state index < -0.39 is 5.82 Å². The maximum absolute atomic E-state index is 14.4. The molecule has 0 atom stereocenters. The molecule has 0 unspecified atom stereocenters. The average molecular weight is 531 g/mol. The summed E-state index contributed by atoms with van der Waals surface area (Å²) < 4.78 is 26.2. The van der Waals surface area contributed by atoms with Gasteiger partial charge in [-0.05, 0) is 52.6 Å². The van der Waals surface area contributed by atoms with Crippen LogP contribution < -0.4 is 4.74 Å². The van der Waals surface area contributed by atoms with Gasteiger partial charge in [0.2, 0.25) is 5.91 Å². The summed E-state index contributed by atoms with van der Waals surface area (Å²) in [6, 6.07) is 22.8. The van der Waals surface area contributed by atoms with E-state index in [-0.39, 0.29) is 22.9 Å². The van der Waals surface area contributed by atoms with E-state index in [1.54, 1.807) is 17.2 Å². The minimum absolute atomic E-state index is 0.112. The number of carbonyl (C=O) groups excluding carboxylic acids is 1. The van der Waals surface area contributed by atoms with Gasteiger partial charge in [0.1, 0.15) is 18.2 Å². The molecule has 1 aromatic heterocycles. The summed E-state index contributed by atoms with van der Waals surface area (Å²) >= 11 is 6.18. The number of nitrogens with zero attached hydrogens (tertiary/aromatic N) is 2. The summed E-state index contributed by atoms with van der Waals surface area (Å²) in [4.78, 5) is 19.2. The summed E-state index contributed by atoms with van der Waals surface area (Å²) in [6.45, 7) is 1.88. The van der Waals surface area contributed by atoms with Crippen molar-refractivity contribution in [1.29, 1.82) is 0 Å². The molecule has 3 aromatic carbocycles. The van der Waals surface area contributed by atoms with Crippen LogP contribution in [0.25, 0.3) is 11.1 Å². The second-order valence-corrected chi connectivity index (χ2v) is 9.62. The molecule has 7 heteroatoms. The lowest BCUT2D eigenvalue weighted by Crippen LogP contribution is -2.35. The molecule has 0 N–H and O–H groups in total. The number of hydrogen-bond acceptors (Lipinski definition) is 4. The smallest absolute Gasteiger partial charge is 0.227 e. The number of amides is 1. The van der Waals surface area contributed by atoms with Crippen molar-refractivity contribution in [3.05, 3.63) is 118 Å².